The first-order valence-electron chi connectivity index (χ1n) is 9.90. The Hall–Kier alpha value is -4.34. The summed E-state index contributed by atoms with van der Waals surface area (Å²) >= 11 is 0. The second-order valence-electron chi connectivity index (χ2n) is 6.88. The van der Waals surface area contributed by atoms with Crippen LogP contribution in [0.5, 0.6) is 5.88 Å². The number of hydrogen-bond donors (Lipinski definition) is 2. The molecule has 0 spiro atoms. The van der Waals surface area contributed by atoms with E-state index in [2.05, 4.69) is 35.8 Å². The monoisotopic (exact) mass is 430 g/mol. The van der Waals surface area contributed by atoms with Crippen LogP contribution in [0.3, 0.4) is 0 Å². The minimum Gasteiger partial charge on any atom is -0.481 e. The summed E-state index contributed by atoms with van der Waals surface area (Å²) in [4.78, 5) is 24.9. The van der Waals surface area contributed by atoms with Crippen molar-refractivity contribution in [2.45, 2.75) is 13.1 Å². The molecule has 0 unspecified atom stereocenters. The second-order valence-corrected chi connectivity index (χ2v) is 6.88. The molecular weight excluding hydrogens is 408 g/mol. The molecule has 4 aromatic rings. The van der Waals surface area contributed by atoms with Crippen molar-refractivity contribution in [1.29, 1.82) is 0 Å². The summed E-state index contributed by atoms with van der Waals surface area (Å²) in [6.45, 7) is 0.755. The number of benzene rings is 1. The van der Waals surface area contributed by atoms with Gasteiger partial charge in [-0.05, 0) is 30.3 Å². The van der Waals surface area contributed by atoms with Crippen LogP contribution in [0.2, 0.25) is 0 Å². The Kier molecular flexibility index (Phi) is 6.30. The van der Waals surface area contributed by atoms with E-state index < -0.39 is 0 Å². The molecule has 1 amide bonds. The third-order valence-electron chi connectivity index (χ3n) is 4.83. The lowest BCUT2D eigenvalue weighted by Crippen LogP contribution is -2.23. The molecule has 1 aromatic carbocycles. The Morgan fingerprint density at radius 2 is 1.97 bits per heavy atom. The van der Waals surface area contributed by atoms with E-state index in [0.717, 1.165) is 17.1 Å². The van der Waals surface area contributed by atoms with Crippen molar-refractivity contribution >= 4 is 11.6 Å². The summed E-state index contributed by atoms with van der Waals surface area (Å²) in [6, 6.07) is 12.7. The van der Waals surface area contributed by atoms with Crippen LogP contribution in [-0.4, -0.2) is 42.7 Å². The molecule has 2 N–H and O–H groups in total. The first-order valence-corrected chi connectivity index (χ1v) is 9.90. The van der Waals surface area contributed by atoms with Crippen LogP contribution in [-0.2, 0) is 20.1 Å². The van der Waals surface area contributed by atoms with Gasteiger partial charge in [0.2, 0.25) is 5.88 Å². The highest BCUT2D eigenvalue weighted by molar-refractivity contribution is 5.95. The lowest BCUT2D eigenvalue weighted by atomic mass is 10.1. The molecule has 0 atom stereocenters. The third-order valence-corrected chi connectivity index (χ3v) is 4.83. The van der Waals surface area contributed by atoms with Crippen LogP contribution < -0.4 is 15.4 Å². The molecule has 3 aromatic heterocycles. The number of amides is 1. The van der Waals surface area contributed by atoms with E-state index in [1.165, 1.54) is 6.33 Å². The maximum atomic E-state index is 12.6. The predicted molar refractivity (Wildman–Crippen MR) is 118 cm³/mol. The van der Waals surface area contributed by atoms with Gasteiger partial charge in [0, 0.05) is 42.8 Å². The van der Waals surface area contributed by atoms with Crippen LogP contribution in [0, 0.1) is 0 Å². The van der Waals surface area contributed by atoms with Crippen LogP contribution in [0.1, 0.15) is 21.7 Å². The van der Waals surface area contributed by atoms with E-state index in [4.69, 9.17) is 4.74 Å². The highest BCUT2D eigenvalue weighted by Crippen LogP contribution is 2.17. The molecule has 4 rings (SSSR count). The maximum Gasteiger partial charge on any atom is 0.251 e. The van der Waals surface area contributed by atoms with Gasteiger partial charge in [0.1, 0.15) is 12.0 Å². The Bertz CT molecular complexity index is 1210. The molecule has 0 bridgehead atoms. The van der Waals surface area contributed by atoms with Crippen molar-refractivity contribution in [2.75, 3.05) is 12.4 Å². The topological polar surface area (TPSA) is 120 Å². The molecule has 10 heteroatoms. The number of anilines is 1. The molecule has 0 saturated carbocycles. The first kappa shape index (κ1) is 20.9. The minimum absolute atomic E-state index is 0.190. The highest BCUT2D eigenvalue weighted by Gasteiger charge is 2.12. The summed E-state index contributed by atoms with van der Waals surface area (Å²) in [7, 11) is 3.43. The summed E-state index contributed by atoms with van der Waals surface area (Å²) < 4.78 is 7.09. The van der Waals surface area contributed by atoms with Crippen molar-refractivity contribution in [3.8, 4) is 17.4 Å². The van der Waals surface area contributed by atoms with Gasteiger partial charge in [-0.1, -0.05) is 12.1 Å². The first-order chi connectivity index (χ1) is 15.7. The standard InChI is InChI=1S/C22H22N8O2/c1-30-19(28-29-20(30)18-8-10-23-14-27-18)13-25-17-7-3-5-15(11-17)21(31)26-12-16-6-4-9-24-22(16)32-2/h3-11,14,25H,12-13H2,1-2H3,(H,26,31). The Labute approximate surface area is 184 Å². The fraction of sp³-hybridized carbons (Fsp3) is 0.182. The Morgan fingerprint density at radius 1 is 1.06 bits per heavy atom. The number of ether oxygens (including phenoxy) is 1. The van der Waals surface area contributed by atoms with E-state index in [-0.39, 0.29) is 5.91 Å². The molecular formula is C22H22N8O2. The van der Waals surface area contributed by atoms with E-state index >= 15 is 0 Å². The average molecular weight is 430 g/mol. The Morgan fingerprint density at radius 3 is 2.78 bits per heavy atom. The normalized spacial score (nSPS) is 10.6. The molecule has 162 valence electrons. The SMILES string of the molecule is COc1ncccc1CNC(=O)c1cccc(NCc2nnc(-c3ccncn3)n2C)c1. The summed E-state index contributed by atoms with van der Waals surface area (Å²) in [5.74, 6) is 1.69. The molecule has 0 aliphatic heterocycles. The van der Waals surface area contributed by atoms with Crippen molar-refractivity contribution in [3.05, 3.63) is 78.1 Å². The van der Waals surface area contributed by atoms with Crippen LogP contribution in [0.4, 0.5) is 5.69 Å². The zero-order chi connectivity index (χ0) is 22.3. The van der Waals surface area contributed by atoms with E-state index in [9.17, 15) is 4.79 Å². The van der Waals surface area contributed by atoms with Crippen LogP contribution in [0.15, 0.2) is 61.2 Å². The van der Waals surface area contributed by atoms with Gasteiger partial charge in [-0.25, -0.2) is 15.0 Å². The minimum atomic E-state index is -0.190. The molecule has 0 aliphatic rings. The number of methoxy groups -OCH3 is 1. The highest BCUT2D eigenvalue weighted by atomic mass is 16.5. The number of nitrogens with one attached hydrogen (secondary N) is 2. The van der Waals surface area contributed by atoms with Crippen molar-refractivity contribution in [3.63, 3.8) is 0 Å². The van der Waals surface area contributed by atoms with Gasteiger partial charge in [-0.2, -0.15) is 0 Å². The fourth-order valence-corrected chi connectivity index (χ4v) is 3.13. The zero-order valence-corrected chi connectivity index (χ0v) is 17.7. The molecule has 0 radical (unpaired) electrons. The molecule has 10 nitrogen and oxygen atoms in total. The largest absolute Gasteiger partial charge is 0.481 e. The molecule has 0 saturated heterocycles. The zero-order valence-electron chi connectivity index (χ0n) is 17.7. The second kappa shape index (κ2) is 9.65. The van der Waals surface area contributed by atoms with Gasteiger partial charge < -0.3 is 19.9 Å². The number of hydrogen-bond acceptors (Lipinski definition) is 8. The number of carbonyl (C=O) groups is 1. The molecule has 0 aliphatic carbocycles. The summed E-state index contributed by atoms with van der Waals surface area (Å²) in [5, 5.41) is 14.6. The van der Waals surface area contributed by atoms with E-state index in [0.29, 0.717) is 36.1 Å². The maximum absolute atomic E-state index is 12.6. The average Bonchev–Trinajstić information content (AvgIpc) is 3.22. The lowest BCUT2D eigenvalue weighted by Gasteiger charge is -2.10. The van der Waals surface area contributed by atoms with Gasteiger partial charge in [0.25, 0.3) is 5.91 Å². The Balaban J connectivity index is 1.39. The van der Waals surface area contributed by atoms with Crippen molar-refractivity contribution in [1.82, 2.24) is 35.0 Å². The molecule has 0 fully saturated rings. The summed E-state index contributed by atoms with van der Waals surface area (Å²) in [5.41, 5.74) is 2.84. The van der Waals surface area contributed by atoms with Gasteiger partial charge in [-0.15, -0.1) is 10.2 Å². The van der Waals surface area contributed by atoms with Gasteiger partial charge >= 0.3 is 0 Å². The number of nitrogens with zero attached hydrogens (tertiary/aromatic N) is 6. The third kappa shape index (κ3) is 4.69. The number of aromatic nitrogens is 6. The number of rotatable bonds is 8. The number of carbonyl (C=O) groups excluding carboxylic acids is 1. The van der Waals surface area contributed by atoms with Crippen molar-refractivity contribution < 1.29 is 9.53 Å². The van der Waals surface area contributed by atoms with Gasteiger partial charge in [0.15, 0.2) is 11.6 Å². The van der Waals surface area contributed by atoms with Crippen LogP contribution >= 0.6 is 0 Å². The fourth-order valence-electron chi connectivity index (χ4n) is 3.13. The van der Waals surface area contributed by atoms with Gasteiger partial charge in [0.05, 0.1) is 13.7 Å². The lowest BCUT2D eigenvalue weighted by molar-refractivity contribution is 0.0950. The van der Waals surface area contributed by atoms with Crippen LogP contribution in [0.25, 0.3) is 11.5 Å². The quantitative estimate of drug-likeness (QED) is 0.437. The predicted octanol–water partition coefficient (Wildman–Crippen LogP) is 2.22. The molecule has 32 heavy (non-hydrogen) atoms. The van der Waals surface area contributed by atoms with Crippen molar-refractivity contribution in [2.24, 2.45) is 7.05 Å². The van der Waals surface area contributed by atoms with E-state index in [1.54, 1.807) is 43.8 Å². The molecule has 3 heterocycles. The summed E-state index contributed by atoms with van der Waals surface area (Å²) in [6.07, 6.45) is 4.78. The smallest absolute Gasteiger partial charge is 0.251 e. The van der Waals surface area contributed by atoms with Gasteiger partial charge in [-0.3, -0.25) is 4.79 Å². The number of pyridine rings is 1. The van der Waals surface area contributed by atoms with E-state index in [1.807, 2.05) is 29.8 Å².